The van der Waals surface area contributed by atoms with Crippen molar-refractivity contribution in [1.29, 1.82) is 0 Å². The van der Waals surface area contributed by atoms with Gasteiger partial charge in [-0.05, 0) is 31.0 Å². The number of ketones is 1. The lowest BCUT2D eigenvalue weighted by molar-refractivity contribution is 0.0993. The first-order valence-electron chi connectivity index (χ1n) is 5.91. The van der Waals surface area contributed by atoms with Crippen LogP contribution in [0.5, 0.6) is 0 Å². The second kappa shape index (κ2) is 5.36. The molecule has 0 amide bonds. The standard InChI is InChI=1S/C16H15ClO/c1-11-3-6-13(7-4-11)9-16(18)14-8-5-12(2)15(17)10-14/h3-8,10H,9H2,1-2H3. The maximum Gasteiger partial charge on any atom is 0.167 e. The number of hydrogen-bond donors (Lipinski definition) is 0. The Kier molecular flexibility index (Phi) is 3.83. The second-order valence-electron chi connectivity index (χ2n) is 4.55. The van der Waals surface area contributed by atoms with Gasteiger partial charge in [-0.15, -0.1) is 0 Å². The lowest BCUT2D eigenvalue weighted by atomic mass is 10.0. The Morgan fingerprint density at radius 3 is 2.33 bits per heavy atom. The van der Waals surface area contributed by atoms with E-state index >= 15 is 0 Å². The Bertz CT molecular complexity index is 570. The summed E-state index contributed by atoms with van der Waals surface area (Å²) in [6.07, 6.45) is 0.416. The van der Waals surface area contributed by atoms with Crippen molar-refractivity contribution in [2.45, 2.75) is 20.3 Å². The summed E-state index contributed by atoms with van der Waals surface area (Å²) in [7, 11) is 0. The molecule has 0 aliphatic rings. The van der Waals surface area contributed by atoms with Gasteiger partial charge in [-0.25, -0.2) is 0 Å². The lowest BCUT2D eigenvalue weighted by Crippen LogP contribution is -2.03. The highest BCUT2D eigenvalue weighted by atomic mass is 35.5. The number of carbonyl (C=O) groups excluding carboxylic acids is 1. The van der Waals surface area contributed by atoms with E-state index in [9.17, 15) is 4.79 Å². The van der Waals surface area contributed by atoms with Crippen LogP contribution in [-0.2, 0) is 6.42 Å². The van der Waals surface area contributed by atoms with Gasteiger partial charge in [0.25, 0.3) is 0 Å². The van der Waals surface area contributed by atoms with E-state index in [1.54, 1.807) is 6.07 Å². The predicted molar refractivity (Wildman–Crippen MR) is 75.4 cm³/mol. The molecule has 0 bridgehead atoms. The van der Waals surface area contributed by atoms with Crippen LogP contribution in [0.3, 0.4) is 0 Å². The summed E-state index contributed by atoms with van der Waals surface area (Å²) in [6.45, 7) is 3.96. The number of aryl methyl sites for hydroxylation is 2. The smallest absolute Gasteiger partial charge is 0.167 e. The van der Waals surface area contributed by atoms with Gasteiger partial charge in [0.15, 0.2) is 5.78 Å². The molecule has 0 saturated carbocycles. The molecule has 2 aromatic rings. The molecule has 0 fully saturated rings. The third-order valence-electron chi connectivity index (χ3n) is 2.98. The first kappa shape index (κ1) is 12.8. The van der Waals surface area contributed by atoms with E-state index in [-0.39, 0.29) is 5.78 Å². The minimum absolute atomic E-state index is 0.0979. The minimum Gasteiger partial charge on any atom is -0.294 e. The van der Waals surface area contributed by atoms with Crippen LogP contribution in [0.1, 0.15) is 27.0 Å². The fourth-order valence-corrected chi connectivity index (χ4v) is 1.94. The van der Waals surface area contributed by atoms with E-state index in [1.165, 1.54) is 5.56 Å². The molecular formula is C16H15ClO. The normalized spacial score (nSPS) is 10.4. The number of carbonyl (C=O) groups is 1. The highest BCUT2D eigenvalue weighted by Gasteiger charge is 2.08. The maximum atomic E-state index is 12.1. The van der Waals surface area contributed by atoms with Crippen molar-refractivity contribution in [3.05, 3.63) is 69.7 Å². The monoisotopic (exact) mass is 258 g/mol. The average molecular weight is 259 g/mol. The van der Waals surface area contributed by atoms with Crippen LogP contribution < -0.4 is 0 Å². The van der Waals surface area contributed by atoms with Crippen LogP contribution in [0.25, 0.3) is 0 Å². The van der Waals surface area contributed by atoms with Crippen LogP contribution in [0.2, 0.25) is 5.02 Å². The minimum atomic E-state index is 0.0979. The Balaban J connectivity index is 2.16. The summed E-state index contributed by atoms with van der Waals surface area (Å²) >= 11 is 6.03. The van der Waals surface area contributed by atoms with E-state index in [1.807, 2.05) is 50.2 Å². The maximum absolute atomic E-state index is 12.1. The number of rotatable bonds is 3. The fourth-order valence-electron chi connectivity index (χ4n) is 1.76. The van der Waals surface area contributed by atoms with E-state index in [0.29, 0.717) is 17.0 Å². The van der Waals surface area contributed by atoms with Gasteiger partial charge in [0.1, 0.15) is 0 Å². The largest absolute Gasteiger partial charge is 0.294 e. The molecular weight excluding hydrogens is 244 g/mol. The lowest BCUT2D eigenvalue weighted by Gasteiger charge is -2.04. The third-order valence-corrected chi connectivity index (χ3v) is 3.39. The summed E-state index contributed by atoms with van der Waals surface area (Å²) in [6, 6.07) is 13.5. The van der Waals surface area contributed by atoms with Crippen LogP contribution in [-0.4, -0.2) is 5.78 Å². The van der Waals surface area contributed by atoms with Crippen molar-refractivity contribution in [1.82, 2.24) is 0 Å². The number of hydrogen-bond acceptors (Lipinski definition) is 1. The van der Waals surface area contributed by atoms with Crippen LogP contribution in [0.15, 0.2) is 42.5 Å². The molecule has 0 saturated heterocycles. The van der Waals surface area contributed by atoms with E-state index in [0.717, 1.165) is 11.1 Å². The molecule has 0 aliphatic heterocycles. The topological polar surface area (TPSA) is 17.1 Å². The second-order valence-corrected chi connectivity index (χ2v) is 4.96. The summed E-state index contributed by atoms with van der Waals surface area (Å²) in [5.41, 5.74) is 3.89. The van der Waals surface area contributed by atoms with Gasteiger partial charge >= 0.3 is 0 Å². The van der Waals surface area contributed by atoms with Crippen LogP contribution in [0.4, 0.5) is 0 Å². The van der Waals surface area contributed by atoms with Gasteiger partial charge in [-0.1, -0.05) is 53.6 Å². The molecule has 2 heteroatoms. The van der Waals surface area contributed by atoms with Crippen molar-refractivity contribution in [2.24, 2.45) is 0 Å². The highest BCUT2D eigenvalue weighted by molar-refractivity contribution is 6.31. The molecule has 0 radical (unpaired) electrons. The molecule has 0 aromatic heterocycles. The number of halogens is 1. The van der Waals surface area contributed by atoms with Gasteiger partial charge in [0.2, 0.25) is 0 Å². The first-order valence-corrected chi connectivity index (χ1v) is 6.29. The van der Waals surface area contributed by atoms with Gasteiger partial charge in [0, 0.05) is 17.0 Å². The Labute approximate surface area is 112 Å². The summed E-state index contributed by atoms with van der Waals surface area (Å²) in [4.78, 5) is 12.1. The van der Waals surface area contributed by atoms with E-state index < -0.39 is 0 Å². The highest BCUT2D eigenvalue weighted by Crippen LogP contribution is 2.18. The Morgan fingerprint density at radius 1 is 1.06 bits per heavy atom. The molecule has 18 heavy (non-hydrogen) atoms. The molecule has 0 N–H and O–H groups in total. The van der Waals surface area contributed by atoms with Gasteiger partial charge in [-0.3, -0.25) is 4.79 Å². The van der Waals surface area contributed by atoms with Crippen molar-refractivity contribution in [3.8, 4) is 0 Å². The molecule has 1 nitrogen and oxygen atoms in total. The SMILES string of the molecule is Cc1ccc(CC(=O)c2ccc(C)c(Cl)c2)cc1. The van der Waals surface area contributed by atoms with Crippen LogP contribution in [0, 0.1) is 13.8 Å². The number of Topliss-reactive ketones (excluding diaryl/α,β-unsaturated/α-hetero) is 1. The van der Waals surface area contributed by atoms with E-state index in [4.69, 9.17) is 11.6 Å². The van der Waals surface area contributed by atoms with Gasteiger partial charge in [0.05, 0.1) is 0 Å². The molecule has 0 atom stereocenters. The molecule has 0 aliphatic carbocycles. The van der Waals surface area contributed by atoms with Crippen molar-refractivity contribution < 1.29 is 4.79 Å². The molecule has 92 valence electrons. The van der Waals surface area contributed by atoms with Gasteiger partial charge < -0.3 is 0 Å². The quantitative estimate of drug-likeness (QED) is 0.747. The molecule has 2 rings (SSSR count). The first-order chi connectivity index (χ1) is 8.56. The summed E-state index contributed by atoms with van der Waals surface area (Å²) in [5.74, 6) is 0.0979. The Hall–Kier alpha value is -1.60. The summed E-state index contributed by atoms with van der Waals surface area (Å²) in [5, 5.41) is 0.643. The molecule has 0 unspecified atom stereocenters. The molecule has 0 spiro atoms. The fraction of sp³-hybridized carbons (Fsp3) is 0.188. The van der Waals surface area contributed by atoms with Crippen molar-refractivity contribution in [3.63, 3.8) is 0 Å². The van der Waals surface area contributed by atoms with Crippen LogP contribution >= 0.6 is 11.6 Å². The van der Waals surface area contributed by atoms with E-state index in [2.05, 4.69) is 0 Å². The predicted octanol–water partition coefficient (Wildman–Crippen LogP) is 4.38. The number of benzene rings is 2. The average Bonchev–Trinajstić information content (AvgIpc) is 2.35. The zero-order valence-electron chi connectivity index (χ0n) is 10.5. The third kappa shape index (κ3) is 2.99. The molecule has 0 heterocycles. The summed E-state index contributed by atoms with van der Waals surface area (Å²) < 4.78 is 0. The zero-order valence-corrected chi connectivity index (χ0v) is 11.3. The van der Waals surface area contributed by atoms with Crippen molar-refractivity contribution in [2.75, 3.05) is 0 Å². The Morgan fingerprint density at radius 2 is 1.72 bits per heavy atom. The zero-order chi connectivity index (χ0) is 13.1. The van der Waals surface area contributed by atoms with Gasteiger partial charge in [-0.2, -0.15) is 0 Å². The molecule has 2 aromatic carbocycles. The van der Waals surface area contributed by atoms with Crippen molar-refractivity contribution >= 4 is 17.4 Å².